The monoisotopic (exact) mass is 334 g/mol. The second-order valence-electron chi connectivity index (χ2n) is 6.64. The predicted molar refractivity (Wildman–Crippen MR) is 105 cm³/mol. The van der Waals surface area contributed by atoms with Gasteiger partial charge in [0, 0.05) is 12.1 Å². The molecule has 4 N–H and O–H groups in total. The number of hydrogen-bond donors (Lipinski definition) is 3. The van der Waals surface area contributed by atoms with Gasteiger partial charge in [0.2, 0.25) is 0 Å². The van der Waals surface area contributed by atoms with Crippen LogP contribution in [0.1, 0.15) is 35.1 Å². The summed E-state index contributed by atoms with van der Waals surface area (Å²) in [6.45, 7) is 7.31. The summed E-state index contributed by atoms with van der Waals surface area (Å²) in [6.07, 6.45) is 2.08. The summed E-state index contributed by atoms with van der Waals surface area (Å²) in [7, 11) is 0. The number of aryl methyl sites for hydroxylation is 1. The van der Waals surface area contributed by atoms with Gasteiger partial charge in [0.15, 0.2) is 5.96 Å². The summed E-state index contributed by atoms with van der Waals surface area (Å²) >= 11 is 0. The van der Waals surface area contributed by atoms with E-state index in [0.29, 0.717) is 11.9 Å². The molecule has 1 aliphatic rings. The Balaban J connectivity index is 1.74. The number of nitrogens with one attached hydrogen (secondary N) is 2. The van der Waals surface area contributed by atoms with Gasteiger partial charge in [-0.3, -0.25) is 5.32 Å². The zero-order chi connectivity index (χ0) is 17.8. The van der Waals surface area contributed by atoms with Crippen molar-refractivity contribution in [2.75, 3.05) is 6.54 Å². The minimum Gasteiger partial charge on any atom is -0.370 e. The van der Waals surface area contributed by atoms with Gasteiger partial charge < -0.3 is 11.1 Å². The molecule has 0 radical (unpaired) electrons. The topological polar surface area (TPSA) is 62.4 Å². The number of hydrogen-bond acceptors (Lipinski definition) is 4. The summed E-state index contributed by atoms with van der Waals surface area (Å²) in [5, 5.41) is 6.73. The Morgan fingerprint density at radius 2 is 1.88 bits per heavy atom. The van der Waals surface area contributed by atoms with Crippen LogP contribution < -0.4 is 16.4 Å². The lowest BCUT2D eigenvalue weighted by Gasteiger charge is -2.25. The predicted octanol–water partition coefficient (Wildman–Crippen LogP) is 3.28. The molecule has 130 valence electrons. The first-order chi connectivity index (χ1) is 12.0. The molecule has 0 amide bonds. The molecule has 0 aliphatic carbocycles. The van der Waals surface area contributed by atoms with Crippen LogP contribution in [0.3, 0.4) is 0 Å². The summed E-state index contributed by atoms with van der Waals surface area (Å²) in [6, 6.07) is 16.8. The number of aliphatic imine (C=N–C) groups is 1. The minimum atomic E-state index is -0.0291. The highest BCUT2D eigenvalue weighted by Crippen LogP contribution is 2.24. The van der Waals surface area contributed by atoms with Gasteiger partial charge >= 0.3 is 0 Å². The molecule has 0 fully saturated rings. The minimum absolute atomic E-state index is 0.0291. The highest BCUT2D eigenvalue weighted by molar-refractivity contribution is 5.88. The third-order valence-electron chi connectivity index (χ3n) is 4.76. The van der Waals surface area contributed by atoms with Crippen molar-refractivity contribution in [2.45, 2.75) is 32.9 Å². The number of guanidine groups is 1. The van der Waals surface area contributed by atoms with E-state index in [-0.39, 0.29) is 6.17 Å². The molecular formula is C21H26N4. The van der Waals surface area contributed by atoms with E-state index in [1.54, 1.807) is 0 Å². The summed E-state index contributed by atoms with van der Waals surface area (Å²) in [5.41, 5.74) is 11.9. The Kier molecular flexibility index (Phi) is 5.19. The average molecular weight is 334 g/mol. The molecule has 25 heavy (non-hydrogen) atoms. The van der Waals surface area contributed by atoms with Crippen LogP contribution in [0, 0.1) is 13.8 Å². The summed E-state index contributed by atoms with van der Waals surface area (Å²) < 4.78 is 0. The largest absolute Gasteiger partial charge is 0.370 e. The van der Waals surface area contributed by atoms with Crippen molar-refractivity contribution in [3.8, 4) is 0 Å². The highest BCUT2D eigenvalue weighted by atomic mass is 15.2. The van der Waals surface area contributed by atoms with Gasteiger partial charge in [0.05, 0.1) is 5.70 Å². The molecule has 4 heteroatoms. The van der Waals surface area contributed by atoms with Crippen molar-refractivity contribution in [1.82, 2.24) is 10.6 Å². The number of benzene rings is 2. The van der Waals surface area contributed by atoms with E-state index >= 15 is 0 Å². The first-order valence-corrected chi connectivity index (χ1v) is 8.72. The van der Waals surface area contributed by atoms with Crippen LogP contribution in [0.15, 0.2) is 59.6 Å². The van der Waals surface area contributed by atoms with E-state index in [4.69, 9.17) is 5.73 Å². The molecule has 0 spiro atoms. The van der Waals surface area contributed by atoms with E-state index in [1.807, 2.05) is 6.07 Å². The van der Waals surface area contributed by atoms with E-state index in [0.717, 1.165) is 17.8 Å². The molecule has 4 nitrogen and oxygen atoms in total. The smallest absolute Gasteiger partial charge is 0.195 e. The van der Waals surface area contributed by atoms with Crippen molar-refractivity contribution in [2.24, 2.45) is 10.7 Å². The lowest BCUT2D eigenvalue weighted by molar-refractivity contribution is 0.528. The maximum absolute atomic E-state index is 6.02. The van der Waals surface area contributed by atoms with Crippen molar-refractivity contribution in [3.05, 3.63) is 76.9 Å². The van der Waals surface area contributed by atoms with E-state index in [1.165, 1.54) is 16.7 Å². The highest BCUT2D eigenvalue weighted by Gasteiger charge is 2.17. The Bertz CT molecular complexity index is 793. The summed E-state index contributed by atoms with van der Waals surface area (Å²) in [5.74, 6) is 0.865. The third kappa shape index (κ3) is 4.09. The van der Waals surface area contributed by atoms with Crippen molar-refractivity contribution in [3.63, 3.8) is 0 Å². The van der Waals surface area contributed by atoms with Crippen LogP contribution in [-0.4, -0.2) is 18.7 Å². The molecule has 3 rings (SSSR count). The molecular weight excluding hydrogens is 308 g/mol. The Morgan fingerprint density at radius 3 is 2.64 bits per heavy atom. The van der Waals surface area contributed by atoms with Crippen molar-refractivity contribution >= 4 is 11.7 Å². The number of nitrogens with two attached hydrogens (primary N) is 1. The van der Waals surface area contributed by atoms with Crippen LogP contribution in [-0.2, 0) is 0 Å². The standard InChI is InChI=1S/C21H26N4/c1-14-8-7-11-18(16(14)3)19-12-20(25-21(22)24-19)23-13-15(2)17-9-5-4-6-10-17/h4-12,15,20,23H,13H2,1-3H3,(H3,22,24,25). The van der Waals surface area contributed by atoms with Crippen LogP contribution in [0.2, 0.25) is 0 Å². The number of nitrogens with zero attached hydrogens (tertiary/aromatic N) is 1. The van der Waals surface area contributed by atoms with Crippen LogP contribution in [0.5, 0.6) is 0 Å². The van der Waals surface area contributed by atoms with Gasteiger partial charge in [0.1, 0.15) is 6.17 Å². The van der Waals surface area contributed by atoms with Crippen LogP contribution in [0.25, 0.3) is 5.70 Å². The normalized spacial score (nSPS) is 18.1. The molecule has 2 aromatic carbocycles. The maximum atomic E-state index is 6.02. The van der Waals surface area contributed by atoms with Gasteiger partial charge in [-0.05, 0) is 42.5 Å². The molecule has 1 aliphatic heterocycles. The van der Waals surface area contributed by atoms with Gasteiger partial charge in [-0.25, -0.2) is 4.99 Å². The SMILES string of the molecule is Cc1cccc(C2=CC(NCC(C)c3ccccc3)NC(N)=N2)c1C. The molecule has 0 saturated carbocycles. The van der Waals surface area contributed by atoms with Gasteiger partial charge in [-0.2, -0.15) is 0 Å². The quantitative estimate of drug-likeness (QED) is 0.786. The fourth-order valence-electron chi connectivity index (χ4n) is 3.05. The molecule has 0 bridgehead atoms. The fraction of sp³-hybridized carbons (Fsp3) is 0.286. The first kappa shape index (κ1) is 17.2. The molecule has 2 unspecified atom stereocenters. The second kappa shape index (κ2) is 7.53. The second-order valence-corrected chi connectivity index (χ2v) is 6.64. The van der Waals surface area contributed by atoms with E-state index < -0.39 is 0 Å². The molecule has 1 heterocycles. The zero-order valence-electron chi connectivity index (χ0n) is 15.1. The Labute approximate surface area is 149 Å². The Hall–Kier alpha value is -2.59. The molecule has 0 aromatic heterocycles. The fourth-order valence-corrected chi connectivity index (χ4v) is 3.05. The van der Waals surface area contributed by atoms with Gasteiger partial charge in [-0.15, -0.1) is 0 Å². The molecule has 0 saturated heterocycles. The zero-order valence-corrected chi connectivity index (χ0v) is 15.1. The third-order valence-corrected chi connectivity index (χ3v) is 4.76. The van der Waals surface area contributed by atoms with E-state index in [9.17, 15) is 0 Å². The summed E-state index contributed by atoms with van der Waals surface area (Å²) in [4.78, 5) is 4.49. The van der Waals surface area contributed by atoms with Gasteiger partial charge in [0.25, 0.3) is 0 Å². The van der Waals surface area contributed by atoms with E-state index in [2.05, 4.69) is 84.9 Å². The first-order valence-electron chi connectivity index (χ1n) is 8.72. The van der Waals surface area contributed by atoms with Gasteiger partial charge in [-0.1, -0.05) is 55.5 Å². The average Bonchev–Trinajstić information content (AvgIpc) is 2.62. The van der Waals surface area contributed by atoms with Crippen molar-refractivity contribution < 1.29 is 0 Å². The lowest BCUT2D eigenvalue weighted by Crippen LogP contribution is -2.49. The number of rotatable bonds is 5. The molecule has 2 atom stereocenters. The van der Waals surface area contributed by atoms with Crippen LogP contribution >= 0.6 is 0 Å². The Morgan fingerprint density at radius 1 is 1.12 bits per heavy atom. The van der Waals surface area contributed by atoms with Crippen molar-refractivity contribution in [1.29, 1.82) is 0 Å². The maximum Gasteiger partial charge on any atom is 0.195 e. The lowest BCUT2D eigenvalue weighted by atomic mass is 9.99. The van der Waals surface area contributed by atoms with Crippen LogP contribution in [0.4, 0.5) is 0 Å². The molecule has 2 aromatic rings.